The predicted molar refractivity (Wildman–Crippen MR) is 52.2 cm³/mol. The van der Waals surface area contributed by atoms with E-state index in [0.29, 0.717) is 0 Å². The summed E-state index contributed by atoms with van der Waals surface area (Å²) in [4.78, 5) is 12.6. The minimum atomic E-state index is -2.64. The minimum Gasteiger partial charge on any atom is -0.209 e. The third-order valence-corrected chi connectivity index (χ3v) is 2.09. The van der Waals surface area contributed by atoms with Crippen LogP contribution in [0.3, 0.4) is 0 Å². The van der Waals surface area contributed by atoms with Crippen LogP contribution in [0.15, 0.2) is 36.4 Å². The van der Waals surface area contributed by atoms with E-state index in [-0.39, 0.29) is 5.88 Å². The molecule has 2 aromatic rings. The topological polar surface area (TPSA) is 59.4 Å². The van der Waals surface area contributed by atoms with Crippen molar-refractivity contribution >= 4 is 19.2 Å². The summed E-state index contributed by atoms with van der Waals surface area (Å²) in [5.74, 6) is 0.160. The van der Waals surface area contributed by atoms with Crippen molar-refractivity contribution in [2.45, 2.75) is 0 Å². The van der Waals surface area contributed by atoms with E-state index in [9.17, 15) is 4.57 Å². The maximum Gasteiger partial charge on any atom is 0.749 e. The van der Waals surface area contributed by atoms with Crippen LogP contribution in [0.25, 0.3) is 10.9 Å². The van der Waals surface area contributed by atoms with Gasteiger partial charge in [-0.15, -0.1) is 4.89 Å². The van der Waals surface area contributed by atoms with Gasteiger partial charge in [-0.2, -0.15) is 0 Å². The molecule has 70 valence electrons. The number of fused-ring (bicyclic) bond motifs is 1. The van der Waals surface area contributed by atoms with Gasteiger partial charge in [0, 0.05) is 16.0 Å². The number of benzene rings is 1. The monoisotopic (exact) mass is 208 g/mol. The van der Waals surface area contributed by atoms with Crippen LogP contribution in [0.5, 0.6) is 5.88 Å². The van der Waals surface area contributed by atoms with Crippen LogP contribution >= 0.6 is 8.25 Å². The minimum absolute atomic E-state index is 0.160. The number of pyridine rings is 1. The molecule has 0 saturated carbocycles. The quantitative estimate of drug-likeness (QED) is 0.769. The third-order valence-electron chi connectivity index (χ3n) is 1.74. The van der Waals surface area contributed by atoms with Crippen LogP contribution in [0.4, 0.5) is 0 Å². The average molecular weight is 208 g/mol. The van der Waals surface area contributed by atoms with Gasteiger partial charge in [0.15, 0.2) is 0 Å². The fraction of sp³-hybridized carbons (Fsp3) is 0. The lowest BCUT2D eigenvalue weighted by atomic mass is 10.2. The van der Waals surface area contributed by atoms with E-state index in [4.69, 9.17) is 4.89 Å². The van der Waals surface area contributed by atoms with Crippen molar-refractivity contribution in [1.82, 2.24) is 4.98 Å². The van der Waals surface area contributed by atoms with Crippen molar-refractivity contribution in [2.24, 2.45) is 0 Å². The van der Waals surface area contributed by atoms with Gasteiger partial charge >= 0.3 is 8.25 Å². The number of hydrogen-bond donors (Lipinski definition) is 1. The Bertz CT molecular complexity index is 486. The summed E-state index contributed by atoms with van der Waals surface area (Å²) in [5, 5.41) is 0.966. The first-order valence-electron chi connectivity index (χ1n) is 3.95. The standard InChI is InChI=1S/C9H6NO3P/c11-14(12)13-9-6-5-7-3-1-2-4-8(7)10-9/h1-6H/p+1. The van der Waals surface area contributed by atoms with E-state index in [1.807, 2.05) is 24.3 Å². The van der Waals surface area contributed by atoms with Crippen LogP contribution in [0.1, 0.15) is 0 Å². The number of hydrogen-bond acceptors (Lipinski definition) is 3. The molecule has 0 aliphatic carbocycles. The lowest BCUT2D eigenvalue weighted by Gasteiger charge is -1.95. The van der Waals surface area contributed by atoms with Gasteiger partial charge < -0.3 is 0 Å². The molecule has 1 aromatic heterocycles. The number of nitrogens with zero attached hydrogens (tertiary/aromatic N) is 1. The highest BCUT2D eigenvalue weighted by Gasteiger charge is 2.15. The first-order valence-corrected chi connectivity index (χ1v) is 5.08. The summed E-state index contributed by atoms with van der Waals surface area (Å²) in [6.45, 7) is 0. The normalized spacial score (nSPS) is 11.4. The van der Waals surface area contributed by atoms with Crippen LogP contribution in [-0.4, -0.2) is 9.88 Å². The second kappa shape index (κ2) is 3.70. The Morgan fingerprint density at radius 3 is 2.79 bits per heavy atom. The van der Waals surface area contributed by atoms with Crippen LogP contribution in [0.2, 0.25) is 0 Å². The Morgan fingerprint density at radius 2 is 2.00 bits per heavy atom. The maximum absolute atomic E-state index is 10.4. The average Bonchev–Trinajstić information content (AvgIpc) is 2.17. The first kappa shape index (κ1) is 9.06. The summed E-state index contributed by atoms with van der Waals surface area (Å²) in [7, 11) is -2.64. The van der Waals surface area contributed by atoms with Gasteiger partial charge in [-0.25, -0.2) is 9.51 Å². The van der Waals surface area contributed by atoms with Crippen molar-refractivity contribution < 1.29 is 14.0 Å². The van der Waals surface area contributed by atoms with Crippen molar-refractivity contribution in [2.75, 3.05) is 0 Å². The fourth-order valence-electron chi connectivity index (χ4n) is 1.18. The summed E-state index contributed by atoms with van der Waals surface area (Å²) in [6, 6.07) is 10.8. The summed E-state index contributed by atoms with van der Waals surface area (Å²) < 4.78 is 15.0. The molecule has 0 aliphatic heterocycles. The van der Waals surface area contributed by atoms with Gasteiger partial charge in [0.25, 0.3) is 5.88 Å². The Kier molecular flexibility index (Phi) is 2.39. The maximum atomic E-state index is 10.4. The summed E-state index contributed by atoms with van der Waals surface area (Å²) in [5.41, 5.74) is 0.738. The highest BCUT2D eigenvalue weighted by molar-refractivity contribution is 7.32. The van der Waals surface area contributed by atoms with Gasteiger partial charge in [0.05, 0.1) is 5.52 Å². The molecule has 1 heterocycles. The van der Waals surface area contributed by atoms with E-state index < -0.39 is 8.25 Å². The highest BCUT2D eigenvalue weighted by atomic mass is 31.1. The molecule has 0 saturated heterocycles. The van der Waals surface area contributed by atoms with Gasteiger partial charge in [0.2, 0.25) is 0 Å². The van der Waals surface area contributed by atoms with E-state index in [2.05, 4.69) is 9.51 Å². The van der Waals surface area contributed by atoms with E-state index in [0.717, 1.165) is 10.9 Å². The second-order valence-electron chi connectivity index (χ2n) is 2.67. The van der Waals surface area contributed by atoms with Crippen LogP contribution in [0, 0.1) is 0 Å². The molecule has 1 atom stereocenters. The molecular weight excluding hydrogens is 201 g/mol. The second-order valence-corrected chi connectivity index (χ2v) is 3.33. The lowest BCUT2D eigenvalue weighted by molar-refractivity contribution is 0.405. The molecule has 0 bridgehead atoms. The van der Waals surface area contributed by atoms with Gasteiger partial charge in [-0.1, -0.05) is 18.2 Å². The molecule has 0 aliphatic rings. The number of rotatable bonds is 2. The molecule has 2 rings (SSSR count). The van der Waals surface area contributed by atoms with E-state index in [1.165, 1.54) is 0 Å². The van der Waals surface area contributed by atoms with Gasteiger partial charge in [-0.05, 0) is 12.1 Å². The first-order chi connectivity index (χ1) is 6.75. The summed E-state index contributed by atoms with van der Waals surface area (Å²) >= 11 is 0. The third kappa shape index (κ3) is 1.87. The zero-order chi connectivity index (χ0) is 9.97. The highest BCUT2D eigenvalue weighted by Crippen LogP contribution is 2.23. The molecular formula is C9H7NO3P+. The molecule has 4 nitrogen and oxygen atoms in total. The zero-order valence-corrected chi connectivity index (χ0v) is 8.02. The van der Waals surface area contributed by atoms with E-state index in [1.54, 1.807) is 12.1 Å². The molecule has 14 heavy (non-hydrogen) atoms. The fourth-order valence-corrected chi connectivity index (χ4v) is 1.44. The predicted octanol–water partition coefficient (Wildman–Crippen LogP) is 2.26. The SMILES string of the molecule is O=[P+](O)Oc1ccc2ccccc2n1. The molecule has 5 heteroatoms. The number of aromatic nitrogens is 1. The Labute approximate surface area is 81.1 Å². The molecule has 0 amide bonds. The smallest absolute Gasteiger partial charge is 0.209 e. The molecule has 1 N–H and O–H groups in total. The molecule has 1 aromatic carbocycles. The van der Waals surface area contributed by atoms with Crippen molar-refractivity contribution in [3.8, 4) is 5.88 Å². The summed E-state index contributed by atoms with van der Waals surface area (Å²) in [6.07, 6.45) is 0. The molecule has 1 unspecified atom stereocenters. The van der Waals surface area contributed by atoms with Crippen molar-refractivity contribution in [3.05, 3.63) is 36.4 Å². The molecule has 0 fully saturated rings. The van der Waals surface area contributed by atoms with Crippen molar-refractivity contribution in [3.63, 3.8) is 0 Å². The van der Waals surface area contributed by atoms with Crippen LogP contribution in [-0.2, 0) is 4.57 Å². The Morgan fingerprint density at radius 1 is 1.21 bits per heavy atom. The Balaban J connectivity index is 2.46. The molecule has 0 radical (unpaired) electrons. The Hall–Kier alpha value is -1.51. The van der Waals surface area contributed by atoms with Gasteiger partial charge in [0.1, 0.15) is 0 Å². The van der Waals surface area contributed by atoms with Gasteiger partial charge in [-0.3, -0.25) is 0 Å². The largest absolute Gasteiger partial charge is 0.749 e. The lowest BCUT2D eigenvalue weighted by Crippen LogP contribution is -1.85. The zero-order valence-electron chi connectivity index (χ0n) is 7.12. The number of para-hydroxylation sites is 1. The van der Waals surface area contributed by atoms with Crippen molar-refractivity contribution in [1.29, 1.82) is 0 Å². The molecule has 0 spiro atoms. The van der Waals surface area contributed by atoms with E-state index >= 15 is 0 Å². The van der Waals surface area contributed by atoms with Crippen LogP contribution < -0.4 is 4.52 Å².